The fourth-order valence-electron chi connectivity index (χ4n) is 3.14. The third-order valence-corrected chi connectivity index (χ3v) is 5.76. The number of sulfone groups is 1. The van der Waals surface area contributed by atoms with Crippen LogP contribution in [0.2, 0.25) is 0 Å². The molecule has 1 aliphatic rings. The van der Waals surface area contributed by atoms with Gasteiger partial charge in [-0.3, -0.25) is 0 Å². The summed E-state index contributed by atoms with van der Waals surface area (Å²) in [6.07, 6.45) is 5.19. The first-order valence-corrected chi connectivity index (χ1v) is 10.6. The van der Waals surface area contributed by atoms with Crippen LogP contribution in [0.3, 0.4) is 0 Å². The second-order valence-corrected chi connectivity index (χ2v) is 9.15. The molecule has 0 bridgehead atoms. The molecule has 26 heavy (non-hydrogen) atoms. The molecular weight excluding hydrogens is 359 g/mol. The SMILES string of the molecule is CC(C)c1noc(C2(Oc3ccc(S(C)(=O)=O)cc3F)CCCCC2)n1. The van der Waals surface area contributed by atoms with Crippen LogP contribution < -0.4 is 4.74 Å². The highest BCUT2D eigenvalue weighted by atomic mass is 32.2. The standard InChI is InChI=1S/C18H23FN2O4S/c1-12(2)16-20-17(25-21-16)18(9-5-4-6-10-18)24-15-8-7-13(11-14(15)19)26(3,22)23/h7-8,11-12H,4-6,9-10H2,1-3H3. The predicted molar refractivity (Wildman–Crippen MR) is 93.3 cm³/mol. The molecule has 1 aromatic carbocycles. The van der Waals surface area contributed by atoms with E-state index in [0.717, 1.165) is 31.6 Å². The van der Waals surface area contributed by atoms with Crippen LogP contribution in [-0.4, -0.2) is 24.8 Å². The lowest BCUT2D eigenvalue weighted by Crippen LogP contribution is -2.36. The highest BCUT2D eigenvalue weighted by Crippen LogP contribution is 2.41. The predicted octanol–water partition coefficient (Wildman–Crippen LogP) is 3.97. The summed E-state index contributed by atoms with van der Waals surface area (Å²) in [7, 11) is -3.49. The van der Waals surface area contributed by atoms with Crippen LogP contribution in [0.4, 0.5) is 4.39 Å². The first-order chi connectivity index (χ1) is 12.2. The highest BCUT2D eigenvalue weighted by Gasteiger charge is 2.42. The van der Waals surface area contributed by atoms with Crippen molar-refractivity contribution in [3.63, 3.8) is 0 Å². The van der Waals surface area contributed by atoms with Crippen LogP contribution in [0, 0.1) is 5.82 Å². The van der Waals surface area contributed by atoms with Gasteiger partial charge in [0.25, 0.3) is 5.89 Å². The number of nitrogens with zero attached hydrogens (tertiary/aromatic N) is 2. The number of hydrogen-bond acceptors (Lipinski definition) is 6. The molecule has 1 fully saturated rings. The summed E-state index contributed by atoms with van der Waals surface area (Å²) >= 11 is 0. The highest BCUT2D eigenvalue weighted by molar-refractivity contribution is 7.90. The van der Waals surface area contributed by atoms with Crippen molar-refractivity contribution in [2.45, 2.75) is 62.4 Å². The number of ether oxygens (including phenoxy) is 1. The molecule has 0 unspecified atom stereocenters. The monoisotopic (exact) mass is 382 g/mol. The zero-order valence-corrected chi connectivity index (χ0v) is 16.0. The van der Waals surface area contributed by atoms with Gasteiger partial charge in [-0.25, -0.2) is 12.8 Å². The second kappa shape index (κ2) is 6.98. The van der Waals surface area contributed by atoms with Gasteiger partial charge in [0.05, 0.1) is 4.90 Å². The zero-order chi connectivity index (χ0) is 18.9. The maximum absolute atomic E-state index is 14.5. The van der Waals surface area contributed by atoms with Crippen LogP contribution in [0.1, 0.15) is 63.6 Å². The van der Waals surface area contributed by atoms with E-state index in [2.05, 4.69) is 10.1 Å². The first-order valence-electron chi connectivity index (χ1n) is 8.74. The molecule has 1 aromatic heterocycles. The molecule has 3 rings (SSSR count). The van der Waals surface area contributed by atoms with Crippen molar-refractivity contribution in [3.05, 3.63) is 35.7 Å². The van der Waals surface area contributed by atoms with E-state index >= 15 is 0 Å². The van der Waals surface area contributed by atoms with Crippen molar-refractivity contribution in [2.24, 2.45) is 0 Å². The zero-order valence-electron chi connectivity index (χ0n) is 15.2. The Morgan fingerprint density at radius 3 is 2.46 bits per heavy atom. The molecule has 2 aromatic rings. The van der Waals surface area contributed by atoms with Crippen LogP contribution >= 0.6 is 0 Å². The molecule has 0 radical (unpaired) electrons. The van der Waals surface area contributed by atoms with Crippen molar-refractivity contribution in [2.75, 3.05) is 6.26 Å². The van der Waals surface area contributed by atoms with Gasteiger partial charge in [0.15, 0.2) is 32.8 Å². The fraction of sp³-hybridized carbons (Fsp3) is 0.556. The van der Waals surface area contributed by atoms with Gasteiger partial charge < -0.3 is 9.26 Å². The van der Waals surface area contributed by atoms with Gasteiger partial charge in [-0.2, -0.15) is 4.98 Å². The van der Waals surface area contributed by atoms with Crippen molar-refractivity contribution in [1.29, 1.82) is 0 Å². The van der Waals surface area contributed by atoms with E-state index < -0.39 is 21.3 Å². The minimum absolute atomic E-state index is 0.0106. The minimum atomic E-state index is -3.49. The Hall–Kier alpha value is -1.96. The van der Waals surface area contributed by atoms with Crippen molar-refractivity contribution in [3.8, 4) is 5.75 Å². The van der Waals surface area contributed by atoms with E-state index in [0.29, 0.717) is 24.6 Å². The van der Waals surface area contributed by atoms with Gasteiger partial charge in [0.1, 0.15) is 0 Å². The van der Waals surface area contributed by atoms with Crippen molar-refractivity contribution in [1.82, 2.24) is 10.1 Å². The van der Waals surface area contributed by atoms with Crippen LogP contribution in [0.25, 0.3) is 0 Å². The molecule has 0 N–H and O–H groups in total. The van der Waals surface area contributed by atoms with E-state index in [1.807, 2.05) is 13.8 Å². The van der Waals surface area contributed by atoms with E-state index in [4.69, 9.17) is 9.26 Å². The molecule has 1 saturated carbocycles. The molecule has 1 heterocycles. The normalized spacial score (nSPS) is 17.4. The molecule has 0 amide bonds. The number of benzene rings is 1. The molecule has 0 aliphatic heterocycles. The Kier molecular flexibility index (Phi) is 5.05. The Morgan fingerprint density at radius 1 is 1.23 bits per heavy atom. The van der Waals surface area contributed by atoms with Gasteiger partial charge in [0.2, 0.25) is 0 Å². The third kappa shape index (κ3) is 3.75. The summed E-state index contributed by atoms with van der Waals surface area (Å²) in [4.78, 5) is 4.38. The van der Waals surface area contributed by atoms with Gasteiger partial charge in [-0.05, 0) is 43.9 Å². The van der Waals surface area contributed by atoms with Gasteiger partial charge in [-0.1, -0.05) is 25.4 Å². The molecule has 6 nitrogen and oxygen atoms in total. The lowest BCUT2D eigenvalue weighted by molar-refractivity contribution is -0.00660. The van der Waals surface area contributed by atoms with E-state index in [1.54, 1.807) is 0 Å². The molecular formula is C18H23FN2O4S. The molecule has 1 aliphatic carbocycles. The maximum Gasteiger partial charge on any atom is 0.270 e. The molecule has 0 atom stereocenters. The quantitative estimate of drug-likeness (QED) is 0.778. The summed E-state index contributed by atoms with van der Waals surface area (Å²) in [5.74, 6) is 0.318. The Morgan fingerprint density at radius 2 is 1.92 bits per heavy atom. The number of hydrogen-bond donors (Lipinski definition) is 0. The summed E-state index contributed by atoms with van der Waals surface area (Å²) in [6, 6.07) is 3.67. The van der Waals surface area contributed by atoms with Gasteiger partial charge >= 0.3 is 0 Å². The van der Waals surface area contributed by atoms with Crippen molar-refractivity contribution < 1.29 is 22.1 Å². The lowest BCUT2D eigenvalue weighted by atomic mass is 9.84. The topological polar surface area (TPSA) is 82.3 Å². The Bertz CT molecular complexity index is 886. The van der Waals surface area contributed by atoms with Crippen LogP contribution in [-0.2, 0) is 15.4 Å². The molecule has 8 heteroatoms. The summed E-state index contributed by atoms with van der Waals surface area (Å²) in [5.41, 5.74) is -0.883. The largest absolute Gasteiger partial charge is 0.474 e. The fourth-order valence-corrected chi connectivity index (χ4v) is 3.78. The third-order valence-electron chi connectivity index (χ3n) is 4.65. The molecule has 0 saturated heterocycles. The Balaban J connectivity index is 1.96. The van der Waals surface area contributed by atoms with Gasteiger partial charge in [0, 0.05) is 12.2 Å². The Labute approximate surface area is 152 Å². The number of rotatable bonds is 5. The minimum Gasteiger partial charge on any atom is -0.474 e. The van der Waals surface area contributed by atoms with Crippen molar-refractivity contribution >= 4 is 9.84 Å². The second-order valence-electron chi connectivity index (χ2n) is 7.13. The average Bonchev–Trinajstić information content (AvgIpc) is 3.08. The lowest BCUT2D eigenvalue weighted by Gasteiger charge is -2.34. The molecule has 0 spiro atoms. The van der Waals surface area contributed by atoms with Gasteiger partial charge in [-0.15, -0.1) is 0 Å². The van der Waals surface area contributed by atoms with E-state index in [-0.39, 0.29) is 16.6 Å². The summed E-state index contributed by atoms with van der Waals surface area (Å²) in [6.45, 7) is 3.93. The maximum atomic E-state index is 14.5. The first kappa shape index (κ1) is 18.8. The van der Waals surface area contributed by atoms with E-state index in [9.17, 15) is 12.8 Å². The van der Waals surface area contributed by atoms with E-state index in [1.165, 1.54) is 12.1 Å². The summed E-state index contributed by atoms with van der Waals surface area (Å²) < 4.78 is 49.2. The summed E-state index contributed by atoms with van der Waals surface area (Å²) in [5, 5.41) is 4.01. The number of aromatic nitrogens is 2. The smallest absolute Gasteiger partial charge is 0.270 e. The molecule has 142 valence electrons. The number of halogens is 1. The van der Waals surface area contributed by atoms with Crippen LogP contribution in [0.15, 0.2) is 27.6 Å². The average molecular weight is 382 g/mol. The van der Waals surface area contributed by atoms with Crippen LogP contribution in [0.5, 0.6) is 5.75 Å².